The van der Waals surface area contributed by atoms with E-state index in [2.05, 4.69) is 10.1 Å². The molecule has 1 aromatic rings. The molecule has 1 rings (SSSR count). The fourth-order valence-electron chi connectivity index (χ4n) is 1.59. The van der Waals surface area contributed by atoms with Crippen LogP contribution >= 0.6 is 11.6 Å². The predicted molar refractivity (Wildman–Crippen MR) is 75.7 cm³/mol. The highest BCUT2D eigenvalue weighted by molar-refractivity contribution is 6.17. The molecule has 0 saturated carbocycles. The smallest absolute Gasteiger partial charge is 0.337 e. The minimum absolute atomic E-state index is 0.0739. The van der Waals surface area contributed by atoms with Crippen molar-refractivity contribution in [1.82, 2.24) is 0 Å². The summed E-state index contributed by atoms with van der Waals surface area (Å²) in [7, 11) is 1.33. The van der Waals surface area contributed by atoms with Gasteiger partial charge in [0.25, 0.3) is 0 Å². The normalized spacial score (nSPS) is 10.1. The Balaban J connectivity index is 2.71. The number of halogens is 1. The highest BCUT2D eigenvalue weighted by Gasteiger charge is 2.10. The Morgan fingerprint density at radius 3 is 2.68 bits per heavy atom. The Labute approximate surface area is 118 Å². The van der Waals surface area contributed by atoms with Crippen LogP contribution in [-0.4, -0.2) is 24.9 Å². The highest BCUT2D eigenvalue weighted by atomic mass is 35.5. The van der Waals surface area contributed by atoms with Crippen LogP contribution in [0.2, 0.25) is 0 Å². The molecule has 0 aliphatic rings. The van der Waals surface area contributed by atoms with Crippen LogP contribution in [0.25, 0.3) is 0 Å². The van der Waals surface area contributed by atoms with Crippen LogP contribution in [-0.2, 0) is 9.53 Å². The Morgan fingerprint density at radius 1 is 1.32 bits per heavy atom. The third kappa shape index (κ3) is 4.91. The van der Waals surface area contributed by atoms with E-state index in [0.717, 1.165) is 18.4 Å². The van der Waals surface area contributed by atoms with Gasteiger partial charge in [-0.3, -0.25) is 4.79 Å². The van der Waals surface area contributed by atoms with Crippen molar-refractivity contribution < 1.29 is 14.3 Å². The van der Waals surface area contributed by atoms with Crippen molar-refractivity contribution in [3.05, 3.63) is 29.3 Å². The molecule has 0 radical (unpaired) electrons. The minimum atomic E-state index is -0.419. The van der Waals surface area contributed by atoms with Gasteiger partial charge in [0, 0.05) is 18.0 Å². The molecular formula is C14H18ClNO3. The molecule has 0 spiro atoms. The zero-order chi connectivity index (χ0) is 14.3. The molecule has 104 valence electrons. The molecule has 0 unspecified atom stereocenters. The predicted octanol–water partition coefficient (Wildman–Crippen LogP) is 3.13. The molecule has 0 heterocycles. The fourth-order valence-corrected chi connectivity index (χ4v) is 1.78. The monoisotopic (exact) mass is 283 g/mol. The summed E-state index contributed by atoms with van der Waals surface area (Å²) in [6.07, 6.45) is 2.00. The van der Waals surface area contributed by atoms with Gasteiger partial charge >= 0.3 is 5.97 Å². The van der Waals surface area contributed by atoms with E-state index in [9.17, 15) is 9.59 Å². The van der Waals surface area contributed by atoms with E-state index in [1.165, 1.54) is 7.11 Å². The number of esters is 1. The SMILES string of the molecule is COC(=O)c1ccc(C)c(NC(=O)CCCCCl)c1. The lowest BCUT2D eigenvalue weighted by molar-refractivity contribution is -0.116. The van der Waals surface area contributed by atoms with Crippen molar-refractivity contribution in [2.75, 3.05) is 18.3 Å². The topological polar surface area (TPSA) is 55.4 Å². The Bertz CT molecular complexity index is 460. The van der Waals surface area contributed by atoms with E-state index < -0.39 is 5.97 Å². The average Bonchev–Trinajstić information content (AvgIpc) is 2.40. The average molecular weight is 284 g/mol. The summed E-state index contributed by atoms with van der Waals surface area (Å²) in [4.78, 5) is 23.1. The van der Waals surface area contributed by atoms with Gasteiger partial charge in [-0.1, -0.05) is 6.07 Å². The van der Waals surface area contributed by atoms with Gasteiger partial charge < -0.3 is 10.1 Å². The number of benzene rings is 1. The van der Waals surface area contributed by atoms with Crippen LogP contribution in [0.4, 0.5) is 5.69 Å². The number of alkyl halides is 1. The van der Waals surface area contributed by atoms with E-state index in [-0.39, 0.29) is 5.91 Å². The van der Waals surface area contributed by atoms with Crippen molar-refractivity contribution in [2.24, 2.45) is 0 Å². The number of anilines is 1. The van der Waals surface area contributed by atoms with Crippen LogP contribution in [0.1, 0.15) is 35.2 Å². The molecule has 1 aromatic carbocycles. The summed E-state index contributed by atoms with van der Waals surface area (Å²) in [5, 5.41) is 2.80. The first-order valence-electron chi connectivity index (χ1n) is 6.13. The number of amides is 1. The van der Waals surface area contributed by atoms with Crippen LogP contribution in [0, 0.1) is 6.92 Å². The van der Waals surface area contributed by atoms with Gasteiger partial charge in [0.15, 0.2) is 0 Å². The lowest BCUT2D eigenvalue weighted by atomic mass is 10.1. The standard InChI is InChI=1S/C14H18ClNO3/c1-10-6-7-11(14(18)19-2)9-12(10)16-13(17)5-3-4-8-15/h6-7,9H,3-5,8H2,1-2H3,(H,16,17). The number of methoxy groups -OCH3 is 1. The Hall–Kier alpha value is -1.55. The van der Waals surface area contributed by atoms with Crippen molar-refractivity contribution in [3.8, 4) is 0 Å². The first-order valence-corrected chi connectivity index (χ1v) is 6.66. The number of carbonyl (C=O) groups is 2. The first kappa shape index (κ1) is 15.5. The zero-order valence-electron chi connectivity index (χ0n) is 11.2. The van der Waals surface area contributed by atoms with E-state index in [1.54, 1.807) is 18.2 Å². The number of hydrogen-bond donors (Lipinski definition) is 1. The summed E-state index contributed by atoms with van der Waals surface area (Å²) >= 11 is 5.56. The van der Waals surface area contributed by atoms with Crippen LogP contribution in [0.5, 0.6) is 0 Å². The molecule has 1 amide bonds. The van der Waals surface area contributed by atoms with Gasteiger partial charge in [0.05, 0.1) is 12.7 Å². The molecule has 0 aliphatic carbocycles. The number of ether oxygens (including phenoxy) is 1. The Kier molecular flexibility index (Phi) is 6.36. The molecule has 1 N–H and O–H groups in total. The number of unbranched alkanes of at least 4 members (excludes halogenated alkanes) is 1. The quantitative estimate of drug-likeness (QED) is 0.496. The second-order valence-corrected chi connectivity index (χ2v) is 4.59. The molecule has 19 heavy (non-hydrogen) atoms. The molecule has 0 bridgehead atoms. The van der Waals surface area contributed by atoms with Crippen LogP contribution in [0.15, 0.2) is 18.2 Å². The number of carbonyl (C=O) groups excluding carboxylic acids is 2. The third-order valence-corrected chi connectivity index (χ3v) is 2.99. The van der Waals surface area contributed by atoms with Gasteiger partial charge in [0.1, 0.15) is 0 Å². The van der Waals surface area contributed by atoms with Gasteiger partial charge in [-0.2, -0.15) is 0 Å². The second kappa shape index (κ2) is 7.79. The van der Waals surface area contributed by atoms with E-state index >= 15 is 0 Å². The fraction of sp³-hybridized carbons (Fsp3) is 0.429. The number of nitrogens with one attached hydrogen (secondary N) is 1. The van der Waals surface area contributed by atoms with Crippen molar-refractivity contribution in [1.29, 1.82) is 0 Å². The molecule has 5 heteroatoms. The van der Waals surface area contributed by atoms with E-state index in [4.69, 9.17) is 11.6 Å². The maximum atomic E-state index is 11.7. The van der Waals surface area contributed by atoms with Crippen LogP contribution in [0.3, 0.4) is 0 Å². The van der Waals surface area contributed by atoms with E-state index in [0.29, 0.717) is 23.6 Å². The first-order chi connectivity index (χ1) is 9.08. The second-order valence-electron chi connectivity index (χ2n) is 4.22. The largest absolute Gasteiger partial charge is 0.465 e. The molecule has 0 fully saturated rings. The lowest BCUT2D eigenvalue weighted by Crippen LogP contribution is -2.13. The number of aryl methyl sites for hydroxylation is 1. The summed E-state index contributed by atoms with van der Waals surface area (Å²) < 4.78 is 4.65. The van der Waals surface area contributed by atoms with E-state index in [1.807, 2.05) is 6.92 Å². The van der Waals surface area contributed by atoms with Crippen molar-refractivity contribution in [3.63, 3.8) is 0 Å². The molecule has 0 aromatic heterocycles. The zero-order valence-corrected chi connectivity index (χ0v) is 11.9. The summed E-state index contributed by atoms with van der Waals surface area (Å²) in [5.41, 5.74) is 1.96. The summed E-state index contributed by atoms with van der Waals surface area (Å²) in [5.74, 6) is 0.0669. The lowest BCUT2D eigenvalue weighted by Gasteiger charge is -2.09. The van der Waals surface area contributed by atoms with Gasteiger partial charge in [0.2, 0.25) is 5.91 Å². The molecule has 0 saturated heterocycles. The van der Waals surface area contributed by atoms with Gasteiger partial charge in [-0.15, -0.1) is 11.6 Å². The molecule has 0 atom stereocenters. The van der Waals surface area contributed by atoms with Gasteiger partial charge in [-0.25, -0.2) is 4.79 Å². The van der Waals surface area contributed by atoms with Crippen molar-refractivity contribution in [2.45, 2.75) is 26.2 Å². The third-order valence-electron chi connectivity index (χ3n) is 2.72. The Morgan fingerprint density at radius 2 is 2.05 bits per heavy atom. The summed E-state index contributed by atoms with van der Waals surface area (Å²) in [6.45, 7) is 1.87. The summed E-state index contributed by atoms with van der Waals surface area (Å²) in [6, 6.07) is 5.07. The maximum Gasteiger partial charge on any atom is 0.337 e. The number of hydrogen-bond acceptors (Lipinski definition) is 3. The minimum Gasteiger partial charge on any atom is -0.465 e. The number of rotatable bonds is 6. The maximum absolute atomic E-state index is 11.7. The van der Waals surface area contributed by atoms with Gasteiger partial charge in [-0.05, 0) is 37.5 Å². The van der Waals surface area contributed by atoms with Crippen molar-refractivity contribution >= 4 is 29.2 Å². The van der Waals surface area contributed by atoms with Crippen LogP contribution < -0.4 is 5.32 Å². The molecule has 4 nitrogen and oxygen atoms in total. The highest BCUT2D eigenvalue weighted by Crippen LogP contribution is 2.18. The molecule has 0 aliphatic heterocycles. The molecular weight excluding hydrogens is 266 g/mol.